The molecule has 1 aromatic heterocycles. The standard InChI is InChI=1S/C16H20N2O/c1-12-11-14(18-9-4-2-3-5-10-18)13-7-6-8-15(19)16(13)17-12/h6-8,11,19H,2-5,9-10H2,1H3. The summed E-state index contributed by atoms with van der Waals surface area (Å²) in [5.41, 5.74) is 2.91. The molecule has 1 saturated heterocycles. The molecule has 0 bridgehead atoms. The van der Waals surface area contributed by atoms with Crippen LogP contribution in [0.2, 0.25) is 0 Å². The first-order valence-electron chi connectivity index (χ1n) is 7.10. The highest BCUT2D eigenvalue weighted by atomic mass is 16.3. The molecular weight excluding hydrogens is 236 g/mol. The number of aromatic hydroxyl groups is 1. The second-order valence-corrected chi connectivity index (χ2v) is 5.36. The maximum absolute atomic E-state index is 9.99. The topological polar surface area (TPSA) is 36.4 Å². The van der Waals surface area contributed by atoms with Gasteiger partial charge in [-0.1, -0.05) is 25.0 Å². The summed E-state index contributed by atoms with van der Waals surface area (Å²) in [5.74, 6) is 0.275. The van der Waals surface area contributed by atoms with E-state index in [4.69, 9.17) is 0 Å². The number of hydrogen-bond acceptors (Lipinski definition) is 3. The van der Waals surface area contributed by atoms with E-state index in [9.17, 15) is 5.11 Å². The third-order valence-corrected chi connectivity index (χ3v) is 3.87. The summed E-state index contributed by atoms with van der Waals surface area (Å²) >= 11 is 0. The molecule has 0 aliphatic carbocycles. The molecule has 2 heterocycles. The van der Waals surface area contributed by atoms with Crippen molar-refractivity contribution in [3.63, 3.8) is 0 Å². The fourth-order valence-electron chi connectivity index (χ4n) is 2.91. The number of aryl methyl sites for hydroxylation is 1. The molecule has 3 nitrogen and oxygen atoms in total. The zero-order valence-corrected chi connectivity index (χ0v) is 11.4. The van der Waals surface area contributed by atoms with E-state index in [0.717, 1.165) is 29.7 Å². The first-order valence-corrected chi connectivity index (χ1v) is 7.10. The van der Waals surface area contributed by atoms with Crippen molar-refractivity contribution in [2.24, 2.45) is 0 Å². The van der Waals surface area contributed by atoms with Gasteiger partial charge >= 0.3 is 0 Å². The molecule has 0 radical (unpaired) electrons. The van der Waals surface area contributed by atoms with Crippen LogP contribution in [0.4, 0.5) is 5.69 Å². The van der Waals surface area contributed by atoms with Gasteiger partial charge in [-0.2, -0.15) is 0 Å². The fourth-order valence-corrected chi connectivity index (χ4v) is 2.91. The Kier molecular flexibility index (Phi) is 3.28. The van der Waals surface area contributed by atoms with E-state index in [0.29, 0.717) is 0 Å². The molecule has 0 unspecified atom stereocenters. The number of benzene rings is 1. The van der Waals surface area contributed by atoms with E-state index in [2.05, 4.69) is 22.0 Å². The zero-order chi connectivity index (χ0) is 13.2. The Labute approximate surface area is 113 Å². The molecule has 100 valence electrons. The van der Waals surface area contributed by atoms with Gasteiger partial charge in [0, 0.05) is 29.9 Å². The molecule has 0 atom stereocenters. The molecule has 0 spiro atoms. The second kappa shape index (κ2) is 5.08. The fraction of sp³-hybridized carbons (Fsp3) is 0.438. The van der Waals surface area contributed by atoms with Crippen LogP contribution in [0.5, 0.6) is 5.75 Å². The van der Waals surface area contributed by atoms with Crippen LogP contribution in [0.25, 0.3) is 10.9 Å². The van der Waals surface area contributed by atoms with Gasteiger partial charge in [-0.05, 0) is 31.9 Å². The summed E-state index contributed by atoms with van der Waals surface area (Å²) in [5, 5.41) is 11.1. The normalized spacial score (nSPS) is 16.6. The monoisotopic (exact) mass is 256 g/mol. The number of phenols is 1. The van der Waals surface area contributed by atoms with E-state index in [-0.39, 0.29) is 5.75 Å². The van der Waals surface area contributed by atoms with Gasteiger partial charge in [-0.3, -0.25) is 0 Å². The van der Waals surface area contributed by atoms with Gasteiger partial charge in [0.05, 0.1) is 0 Å². The highest BCUT2D eigenvalue weighted by molar-refractivity contribution is 5.95. The number of fused-ring (bicyclic) bond motifs is 1. The van der Waals surface area contributed by atoms with Crippen molar-refractivity contribution in [1.29, 1.82) is 0 Å². The first-order chi connectivity index (χ1) is 9.25. The van der Waals surface area contributed by atoms with E-state index in [1.807, 2.05) is 13.0 Å². The van der Waals surface area contributed by atoms with E-state index in [1.165, 1.54) is 31.4 Å². The molecule has 2 aromatic rings. The van der Waals surface area contributed by atoms with Crippen molar-refractivity contribution < 1.29 is 5.11 Å². The SMILES string of the molecule is Cc1cc(N2CCCCCC2)c2cccc(O)c2n1. The van der Waals surface area contributed by atoms with Crippen molar-refractivity contribution in [3.05, 3.63) is 30.0 Å². The van der Waals surface area contributed by atoms with E-state index < -0.39 is 0 Å². The molecule has 0 saturated carbocycles. The minimum atomic E-state index is 0.275. The quantitative estimate of drug-likeness (QED) is 0.846. The Balaban J connectivity index is 2.13. The Morgan fingerprint density at radius 1 is 1.11 bits per heavy atom. The molecule has 1 fully saturated rings. The van der Waals surface area contributed by atoms with Gasteiger partial charge in [-0.25, -0.2) is 4.98 Å². The van der Waals surface area contributed by atoms with Crippen molar-refractivity contribution in [2.45, 2.75) is 32.6 Å². The molecule has 3 heteroatoms. The average Bonchev–Trinajstić information content (AvgIpc) is 2.68. The number of hydrogen-bond donors (Lipinski definition) is 1. The van der Waals surface area contributed by atoms with Crippen molar-refractivity contribution in [2.75, 3.05) is 18.0 Å². The Morgan fingerprint density at radius 3 is 2.58 bits per heavy atom. The van der Waals surface area contributed by atoms with Crippen LogP contribution in [0, 0.1) is 6.92 Å². The minimum absolute atomic E-state index is 0.275. The number of pyridine rings is 1. The Morgan fingerprint density at radius 2 is 1.84 bits per heavy atom. The van der Waals surface area contributed by atoms with Crippen LogP contribution >= 0.6 is 0 Å². The number of nitrogens with zero attached hydrogens (tertiary/aromatic N) is 2. The molecule has 1 aliphatic rings. The van der Waals surface area contributed by atoms with Crippen LogP contribution < -0.4 is 4.90 Å². The smallest absolute Gasteiger partial charge is 0.141 e. The van der Waals surface area contributed by atoms with Crippen LogP contribution in [-0.2, 0) is 0 Å². The zero-order valence-electron chi connectivity index (χ0n) is 11.4. The molecule has 1 aliphatic heterocycles. The first kappa shape index (κ1) is 12.3. The molecule has 1 N–H and O–H groups in total. The van der Waals surface area contributed by atoms with Crippen LogP contribution in [0.15, 0.2) is 24.3 Å². The third-order valence-electron chi connectivity index (χ3n) is 3.87. The summed E-state index contributed by atoms with van der Waals surface area (Å²) in [7, 11) is 0. The number of para-hydroxylation sites is 1. The lowest BCUT2D eigenvalue weighted by Crippen LogP contribution is -2.24. The summed E-state index contributed by atoms with van der Waals surface area (Å²) in [4.78, 5) is 6.93. The predicted octanol–water partition coefficient (Wildman–Crippen LogP) is 3.63. The largest absolute Gasteiger partial charge is 0.506 e. The third kappa shape index (κ3) is 2.37. The van der Waals surface area contributed by atoms with Crippen LogP contribution in [0.1, 0.15) is 31.4 Å². The highest BCUT2D eigenvalue weighted by Gasteiger charge is 2.15. The van der Waals surface area contributed by atoms with Crippen molar-refractivity contribution in [1.82, 2.24) is 4.98 Å². The van der Waals surface area contributed by atoms with Gasteiger partial charge in [0.2, 0.25) is 0 Å². The number of rotatable bonds is 1. The van der Waals surface area contributed by atoms with Gasteiger partial charge in [-0.15, -0.1) is 0 Å². The lowest BCUT2D eigenvalue weighted by atomic mass is 10.1. The minimum Gasteiger partial charge on any atom is -0.506 e. The second-order valence-electron chi connectivity index (χ2n) is 5.36. The van der Waals surface area contributed by atoms with E-state index >= 15 is 0 Å². The lowest BCUT2D eigenvalue weighted by molar-refractivity contribution is 0.480. The lowest BCUT2D eigenvalue weighted by Gasteiger charge is -2.24. The van der Waals surface area contributed by atoms with Crippen LogP contribution in [-0.4, -0.2) is 23.2 Å². The molecule has 19 heavy (non-hydrogen) atoms. The predicted molar refractivity (Wildman–Crippen MR) is 78.8 cm³/mol. The maximum atomic E-state index is 9.99. The van der Waals surface area contributed by atoms with Crippen molar-refractivity contribution >= 4 is 16.6 Å². The van der Waals surface area contributed by atoms with Gasteiger partial charge in [0.1, 0.15) is 11.3 Å². The van der Waals surface area contributed by atoms with E-state index in [1.54, 1.807) is 6.07 Å². The number of phenolic OH excluding ortho intramolecular Hbond substituents is 1. The average molecular weight is 256 g/mol. The number of aromatic nitrogens is 1. The molecular formula is C16H20N2O. The van der Waals surface area contributed by atoms with Gasteiger partial charge in [0.15, 0.2) is 0 Å². The van der Waals surface area contributed by atoms with Gasteiger partial charge < -0.3 is 10.0 Å². The maximum Gasteiger partial charge on any atom is 0.141 e. The summed E-state index contributed by atoms with van der Waals surface area (Å²) in [6.45, 7) is 4.20. The Bertz CT molecular complexity index is 587. The molecule has 0 amide bonds. The molecule has 3 rings (SSSR count). The summed E-state index contributed by atoms with van der Waals surface area (Å²) in [6, 6.07) is 7.81. The number of anilines is 1. The summed E-state index contributed by atoms with van der Waals surface area (Å²) in [6.07, 6.45) is 5.15. The highest BCUT2D eigenvalue weighted by Crippen LogP contribution is 2.32. The summed E-state index contributed by atoms with van der Waals surface area (Å²) < 4.78 is 0. The van der Waals surface area contributed by atoms with Crippen molar-refractivity contribution in [3.8, 4) is 5.75 Å². The molecule has 1 aromatic carbocycles. The van der Waals surface area contributed by atoms with Crippen LogP contribution in [0.3, 0.4) is 0 Å². The Hall–Kier alpha value is -1.77. The van der Waals surface area contributed by atoms with Gasteiger partial charge in [0.25, 0.3) is 0 Å².